The minimum atomic E-state index is -3.89. The highest BCUT2D eigenvalue weighted by Crippen LogP contribution is 2.19. The quantitative estimate of drug-likeness (QED) is 0.552. The van der Waals surface area contributed by atoms with Crippen molar-refractivity contribution in [3.05, 3.63) is 41.7 Å². The zero-order chi connectivity index (χ0) is 20.7. The lowest BCUT2D eigenvalue weighted by molar-refractivity contribution is -0.143. The third-order valence-electron chi connectivity index (χ3n) is 3.28. The molecule has 1 N–H and O–H groups in total. The van der Waals surface area contributed by atoms with E-state index in [0.29, 0.717) is 11.4 Å². The Balaban J connectivity index is 2.15. The fourth-order valence-electron chi connectivity index (χ4n) is 2.11. The monoisotopic (exact) mass is 402 g/mol. The van der Waals surface area contributed by atoms with Crippen LogP contribution in [0.25, 0.3) is 0 Å². The molecule has 1 atom stereocenters. The first kappa shape index (κ1) is 20.9. The van der Waals surface area contributed by atoms with E-state index in [1.165, 1.54) is 24.3 Å². The Hall–Kier alpha value is -3.39. The SMILES string of the molecule is CCOC(=O)C(C#N)N=Nc1ccc(S(=O)(=O)Nc2nc(C)cc(C)n2)cc1. The Morgan fingerprint density at radius 3 is 2.39 bits per heavy atom. The summed E-state index contributed by atoms with van der Waals surface area (Å²) in [5.41, 5.74) is 1.54. The van der Waals surface area contributed by atoms with Crippen LogP contribution in [0.3, 0.4) is 0 Å². The van der Waals surface area contributed by atoms with Gasteiger partial charge < -0.3 is 4.74 Å². The summed E-state index contributed by atoms with van der Waals surface area (Å²) < 4.78 is 31.9. The number of nitrogens with zero attached hydrogens (tertiary/aromatic N) is 5. The molecule has 146 valence electrons. The number of carbonyl (C=O) groups excluding carboxylic acids is 1. The van der Waals surface area contributed by atoms with Gasteiger partial charge in [-0.1, -0.05) is 0 Å². The van der Waals surface area contributed by atoms with Crippen molar-refractivity contribution in [1.29, 1.82) is 5.26 Å². The molecule has 11 heteroatoms. The zero-order valence-corrected chi connectivity index (χ0v) is 16.3. The number of anilines is 1. The van der Waals surface area contributed by atoms with Crippen LogP contribution in [-0.4, -0.2) is 37.0 Å². The molecule has 0 amide bonds. The predicted octanol–water partition coefficient (Wildman–Crippen LogP) is 2.43. The van der Waals surface area contributed by atoms with Crippen LogP contribution in [0.2, 0.25) is 0 Å². The summed E-state index contributed by atoms with van der Waals surface area (Å²) in [7, 11) is -3.89. The number of ether oxygens (including phenoxy) is 1. The molecule has 10 nitrogen and oxygen atoms in total. The van der Waals surface area contributed by atoms with Gasteiger partial charge in [-0.25, -0.2) is 27.9 Å². The fourth-order valence-corrected chi connectivity index (χ4v) is 3.06. The van der Waals surface area contributed by atoms with Crippen molar-refractivity contribution < 1.29 is 17.9 Å². The van der Waals surface area contributed by atoms with Gasteiger partial charge in [-0.15, -0.1) is 0 Å². The molecule has 0 bridgehead atoms. The van der Waals surface area contributed by atoms with Crippen molar-refractivity contribution in [3.8, 4) is 6.07 Å². The maximum atomic E-state index is 12.5. The third-order valence-corrected chi connectivity index (χ3v) is 4.62. The number of azo groups is 1. The lowest BCUT2D eigenvalue weighted by atomic mass is 10.3. The summed E-state index contributed by atoms with van der Waals surface area (Å²) in [6.45, 7) is 5.20. The van der Waals surface area contributed by atoms with E-state index in [2.05, 4.69) is 24.9 Å². The molecular weight excluding hydrogens is 384 g/mol. The number of aryl methyl sites for hydroxylation is 2. The second-order valence-electron chi connectivity index (χ2n) is 5.57. The summed E-state index contributed by atoms with van der Waals surface area (Å²) in [4.78, 5) is 19.6. The van der Waals surface area contributed by atoms with E-state index in [0.717, 1.165) is 0 Å². The lowest BCUT2D eigenvalue weighted by Gasteiger charge is -2.08. The average Bonchev–Trinajstić information content (AvgIpc) is 2.61. The summed E-state index contributed by atoms with van der Waals surface area (Å²) in [5.74, 6) is -0.821. The second kappa shape index (κ2) is 9.01. The van der Waals surface area contributed by atoms with Crippen molar-refractivity contribution >= 4 is 27.6 Å². The third kappa shape index (κ3) is 5.55. The first-order chi connectivity index (χ1) is 13.2. The maximum Gasteiger partial charge on any atom is 0.347 e. The molecular formula is C17H18N6O4S. The lowest BCUT2D eigenvalue weighted by Crippen LogP contribution is -2.19. The van der Waals surface area contributed by atoms with Crippen LogP contribution in [0, 0.1) is 25.2 Å². The van der Waals surface area contributed by atoms with Crippen molar-refractivity contribution in [1.82, 2.24) is 9.97 Å². The van der Waals surface area contributed by atoms with Gasteiger partial charge in [-0.3, -0.25) is 0 Å². The topological polar surface area (TPSA) is 147 Å². The number of carbonyl (C=O) groups is 1. The van der Waals surface area contributed by atoms with Crippen molar-refractivity contribution in [2.24, 2.45) is 10.2 Å². The van der Waals surface area contributed by atoms with Crippen LogP contribution in [-0.2, 0) is 19.6 Å². The molecule has 2 aromatic rings. The molecule has 1 aromatic heterocycles. The largest absolute Gasteiger partial charge is 0.464 e. The van der Waals surface area contributed by atoms with Crippen molar-refractivity contribution in [2.75, 3.05) is 11.3 Å². The van der Waals surface area contributed by atoms with Crippen LogP contribution in [0.1, 0.15) is 18.3 Å². The van der Waals surface area contributed by atoms with Crippen LogP contribution in [0.15, 0.2) is 45.5 Å². The number of rotatable bonds is 7. The van der Waals surface area contributed by atoms with Gasteiger partial charge in [0, 0.05) is 11.4 Å². The highest BCUT2D eigenvalue weighted by molar-refractivity contribution is 7.92. The summed E-state index contributed by atoms with van der Waals surface area (Å²) >= 11 is 0. The van der Waals surface area contributed by atoms with Crippen LogP contribution < -0.4 is 4.72 Å². The minimum Gasteiger partial charge on any atom is -0.464 e. The van der Waals surface area contributed by atoms with Crippen LogP contribution in [0.5, 0.6) is 0 Å². The Kier molecular flexibility index (Phi) is 6.73. The van der Waals surface area contributed by atoms with E-state index in [9.17, 15) is 13.2 Å². The fraction of sp³-hybridized carbons (Fsp3) is 0.294. The molecule has 1 aromatic carbocycles. The Labute approximate surface area is 162 Å². The highest BCUT2D eigenvalue weighted by Gasteiger charge is 2.19. The molecule has 0 saturated carbocycles. The molecule has 0 spiro atoms. The van der Waals surface area contributed by atoms with Crippen molar-refractivity contribution in [3.63, 3.8) is 0 Å². The Morgan fingerprint density at radius 1 is 1.25 bits per heavy atom. The molecule has 0 radical (unpaired) electrons. The second-order valence-corrected chi connectivity index (χ2v) is 7.26. The molecule has 0 aliphatic heterocycles. The van der Waals surface area contributed by atoms with E-state index in [1.807, 2.05) is 0 Å². The van der Waals surface area contributed by atoms with Crippen LogP contribution >= 0.6 is 0 Å². The van der Waals surface area contributed by atoms with Gasteiger partial charge >= 0.3 is 5.97 Å². The Morgan fingerprint density at radius 2 is 1.86 bits per heavy atom. The van der Waals surface area contributed by atoms with E-state index < -0.39 is 22.0 Å². The number of hydrogen-bond acceptors (Lipinski definition) is 9. The van der Waals surface area contributed by atoms with Gasteiger partial charge in [0.25, 0.3) is 16.1 Å². The standard InChI is InChI=1S/C17H18N6O4S/c1-4-27-16(24)15(10-18)22-21-13-5-7-14(8-6-13)28(25,26)23-17-19-11(2)9-12(3)20-17/h5-9,15H,4H2,1-3H3,(H,19,20,23). The van der Waals surface area contributed by atoms with Crippen molar-refractivity contribution in [2.45, 2.75) is 31.7 Å². The van der Waals surface area contributed by atoms with E-state index in [4.69, 9.17) is 10.00 Å². The smallest absolute Gasteiger partial charge is 0.347 e. The number of aromatic nitrogens is 2. The van der Waals surface area contributed by atoms with Gasteiger partial charge in [0.05, 0.1) is 17.2 Å². The molecule has 0 aliphatic carbocycles. The molecule has 2 rings (SSSR count). The summed E-state index contributed by atoms with van der Waals surface area (Å²) in [6, 6.07) is 7.42. The highest BCUT2D eigenvalue weighted by atomic mass is 32.2. The molecule has 0 saturated heterocycles. The van der Waals surface area contributed by atoms with Crippen LogP contribution in [0.4, 0.5) is 11.6 Å². The minimum absolute atomic E-state index is 0.0208. The summed E-state index contributed by atoms with van der Waals surface area (Å²) in [5, 5.41) is 16.3. The normalized spacial score (nSPS) is 12.4. The summed E-state index contributed by atoms with van der Waals surface area (Å²) in [6.07, 6.45) is 0. The first-order valence-electron chi connectivity index (χ1n) is 8.17. The zero-order valence-electron chi connectivity index (χ0n) is 15.4. The van der Waals surface area contributed by atoms with Gasteiger partial charge in [-0.05, 0) is 51.1 Å². The average molecular weight is 402 g/mol. The molecule has 0 aliphatic rings. The number of nitrogens with one attached hydrogen (secondary N) is 1. The predicted molar refractivity (Wildman–Crippen MR) is 99.3 cm³/mol. The number of nitriles is 1. The molecule has 0 fully saturated rings. The number of sulfonamides is 1. The van der Waals surface area contributed by atoms with Gasteiger partial charge in [0.1, 0.15) is 6.07 Å². The molecule has 1 heterocycles. The van der Waals surface area contributed by atoms with E-state index in [-0.39, 0.29) is 23.1 Å². The Bertz CT molecular complexity index is 1010. The number of hydrogen-bond donors (Lipinski definition) is 1. The number of esters is 1. The van der Waals surface area contributed by atoms with Gasteiger partial charge in [0.2, 0.25) is 5.95 Å². The van der Waals surface area contributed by atoms with E-state index in [1.54, 1.807) is 32.9 Å². The van der Waals surface area contributed by atoms with E-state index >= 15 is 0 Å². The molecule has 1 unspecified atom stereocenters. The first-order valence-corrected chi connectivity index (χ1v) is 9.65. The van der Waals surface area contributed by atoms with Gasteiger partial charge in [-0.2, -0.15) is 15.5 Å². The molecule has 28 heavy (non-hydrogen) atoms. The number of benzene rings is 1. The maximum absolute atomic E-state index is 12.5. The van der Waals surface area contributed by atoms with Gasteiger partial charge in [0.15, 0.2) is 0 Å².